The van der Waals surface area contributed by atoms with Crippen molar-refractivity contribution < 1.29 is 9.72 Å². The highest BCUT2D eigenvalue weighted by Gasteiger charge is 2.24. The fourth-order valence-corrected chi connectivity index (χ4v) is 2.85. The van der Waals surface area contributed by atoms with E-state index in [1.165, 1.54) is 12.1 Å². The number of hydrogen-bond donors (Lipinski definition) is 1. The van der Waals surface area contributed by atoms with E-state index in [9.17, 15) is 14.9 Å². The highest BCUT2D eigenvalue weighted by molar-refractivity contribution is 5.92. The number of carbonyl (C=O) groups is 1. The fraction of sp³-hybridized carbons (Fsp3) is 0.375. The van der Waals surface area contributed by atoms with Gasteiger partial charge in [0.25, 0.3) is 11.6 Å². The fourth-order valence-electron chi connectivity index (χ4n) is 2.85. The summed E-state index contributed by atoms with van der Waals surface area (Å²) < 4.78 is 1.55. The molecule has 0 aliphatic carbocycles. The Balaban J connectivity index is 1.74. The Bertz CT molecular complexity index is 734. The minimum absolute atomic E-state index is 0.0212. The molecule has 1 aromatic heterocycles. The van der Waals surface area contributed by atoms with Gasteiger partial charge in [0.05, 0.1) is 10.6 Å². The standard InChI is InChI=1S/C16H19N5O3/c1-19(12-6-9-17-10-7-12)16(22)15-8-11-20(18-15)13-2-4-14(5-3-13)21(23)24/h2-5,8,11-12,17H,6-7,9-10H2,1H3. The molecule has 8 nitrogen and oxygen atoms in total. The second kappa shape index (κ2) is 6.79. The van der Waals surface area contributed by atoms with Gasteiger partial charge in [0, 0.05) is 31.4 Å². The monoisotopic (exact) mass is 329 g/mol. The zero-order valence-electron chi connectivity index (χ0n) is 13.4. The van der Waals surface area contributed by atoms with Gasteiger partial charge in [-0.2, -0.15) is 5.10 Å². The Labute approximate surface area is 139 Å². The molecule has 1 fully saturated rings. The van der Waals surface area contributed by atoms with E-state index < -0.39 is 4.92 Å². The maximum Gasteiger partial charge on any atom is 0.274 e. The van der Waals surface area contributed by atoms with E-state index in [-0.39, 0.29) is 17.6 Å². The van der Waals surface area contributed by atoms with Crippen molar-refractivity contribution in [1.29, 1.82) is 0 Å². The zero-order chi connectivity index (χ0) is 17.1. The minimum atomic E-state index is -0.449. The van der Waals surface area contributed by atoms with Gasteiger partial charge in [0.2, 0.25) is 0 Å². The van der Waals surface area contributed by atoms with Gasteiger partial charge in [0.15, 0.2) is 5.69 Å². The number of nitro benzene ring substituents is 1. The number of non-ortho nitro benzene ring substituents is 1. The number of benzene rings is 1. The van der Waals surface area contributed by atoms with Crippen LogP contribution in [0.4, 0.5) is 5.69 Å². The van der Waals surface area contributed by atoms with Crippen LogP contribution in [0.2, 0.25) is 0 Å². The third kappa shape index (κ3) is 3.28. The smallest absolute Gasteiger partial charge is 0.274 e. The number of amides is 1. The number of hydrogen-bond acceptors (Lipinski definition) is 5. The van der Waals surface area contributed by atoms with E-state index in [4.69, 9.17) is 0 Å². The first-order valence-electron chi connectivity index (χ1n) is 7.84. The molecular formula is C16H19N5O3. The molecule has 1 aliphatic heterocycles. The summed E-state index contributed by atoms with van der Waals surface area (Å²) in [4.78, 5) is 24.6. The van der Waals surface area contributed by atoms with Gasteiger partial charge < -0.3 is 10.2 Å². The van der Waals surface area contributed by atoms with Crippen LogP contribution in [0.25, 0.3) is 5.69 Å². The van der Waals surface area contributed by atoms with Crippen LogP contribution >= 0.6 is 0 Å². The number of piperidine rings is 1. The number of rotatable bonds is 4. The molecule has 1 amide bonds. The van der Waals surface area contributed by atoms with Crippen LogP contribution in [0.3, 0.4) is 0 Å². The number of nitrogens with zero attached hydrogens (tertiary/aromatic N) is 4. The number of carbonyl (C=O) groups excluding carboxylic acids is 1. The van der Waals surface area contributed by atoms with Crippen LogP contribution in [0.5, 0.6) is 0 Å². The predicted octanol–water partition coefficient (Wildman–Crippen LogP) is 1.60. The maximum absolute atomic E-state index is 12.6. The quantitative estimate of drug-likeness (QED) is 0.679. The highest BCUT2D eigenvalue weighted by atomic mass is 16.6. The first-order chi connectivity index (χ1) is 11.6. The topological polar surface area (TPSA) is 93.3 Å². The molecule has 126 valence electrons. The number of nitrogens with one attached hydrogen (secondary N) is 1. The molecule has 1 N–H and O–H groups in total. The summed E-state index contributed by atoms with van der Waals surface area (Å²) in [7, 11) is 1.81. The third-order valence-electron chi connectivity index (χ3n) is 4.31. The molecule has 1 aliphatic rings. The molecule has 1 aromatic carbocycles. The number of aromatic nitrogens is 2. The summed E-state index contributed by atoms with van der Waals surface area (Å²) in [6, 6.07) is 7.94. The van der Waals surface area contributed by atoms with E-state index in [1.807, 2.05) is 7.05 Å². The van der Waals surface area contributed by atoms with Crippen molar-refractivity contribution in [3.05, 3.63) is 52.3 Å². The van der Waals surface area contributed by atoms with Crippen molar-refractivity contribution in [2.45, 2.75) is 18.9 Å². The average Bonchev–Trinajstić information content (AvgIpc) is 3.11. The van der Waals surface area contributed by atoms with Gasteiger partial charge in [0.1, 0.15) is 0 Å². The highest BCUT2D eigenvalue weighted by Crippen LogP contribution is 2.16. The lowest BCUT2D eigenvalue weighted by atomic mass is 10.1. The lowest BCUT2D eigenvalue weighted by molar-refractivity contribution is -0.384. The SMILES string of the molecule is CN(C(=O)c1ccn(-c2ccc([N+](=O)[O-])cc2)n1)C1CCNCC1. The summed E-state index contributed by atoms with van der Waals surface area (Å²) in [6.07, 6.45) is 3.56. The first kappa shape index (κ1) is 16.1. The van der Waals surface area contributed by atoms with Crippen molar-refractivity contribution in [2.24, 2.45) is 0 Å². The summed E-state index contributed by atoms with van der Waals surface area (Å²) in [5.74, 6) is -0.109. The van der Waals surface area contributed by atoms with Crippen LogP contribution < -0.4 is 5.32 Å². The van der Waals surface area contributed by atoms with Gasteiger partial charge in [-0.25, -0.2) is 4.68 Å². The van der Waals surface area contributed by atoms with Crippen molar-refractivity contribution in [3.8, 4) is 5.69 Å². The van der Waals surface area contributed by atoms with Gasteiger partial charge in [-0.05, 0) is 44.1 Å². The van der Waals surface area contributed by atoms with E-state index >= 15 is 0 Å². The minimum Gasteiger partial charge on any atom is -0.337 e. The van der Waals surface area contributed by atoms with Crippen LogP contribution in [-0.2, 0) is 0 Å². The molecule has 0 radical (unpaired) electrons. The van der Waals surface area contributed by atoms with Gasteiger partial charge >= 0.3 is 0 Å². The molecule has 0 unspecified atom stereocenters. The normalized spacial score (nSPS) is 15.2. The van der Waals surface area contributed by atoms with E-state index in [0.717, 1.165) is 25.9 Å². The molecule has 0 saturated carbocycles. The predicted molar refractivity (Wildman–Crippen MR) is 88.2 cm³/mol. The molecule has 0 spiro atoms. The number of nitro groups is 1. The summed E-state index contributed by atoms with van der Waals surface area (Å²) in [6.45, 7) is 1.83. The van der Waals surface area contributed by atoms with Crippen LogP contribution in [0, 0.1) is 10.1 Å². The lowest BCUT2D eigenvalue weighted by Gasteiger charge is -2.31. The Morgan fingerprint density at radius 2 is 1.96 bits per heavy atom. The molecule has 1 saturated heterocycles. The Morgan fingerprint density at radius 3 is 2.58 bits per heavy atom. The lowest BCUT2D eigenvalue weighted by Crippen LogP contribution is -2.44. The van der Waals surface area contributed by atoms with Gasteiger partial charge in [-0.1, -0.05) is 0 Å². The van der Waals surface area contributed by atoms with Crippen LogP contribution in [0.15, 0.2) is 36.5 Å². The Morgan fingerprint density at radius 1 is 1.29 bits per heavy atom. The second-order valence-corrected chi connectivity index (χ2v) is 5.82. The largest absolute Gasteiger partial charge is 0.337 e. The summed E-state index contributed by atoms with van der Waals surface area (Å²) >= 11 is 0. The second-order valence-electron chi connectivity index (χ2n) is 5.82. The van der Waals surface area contributed by atoms with Crippen molar-refractivity contribution in [1.82, 2.24) is 20.0 Å². The maximum atomic E-state index is 12.6. The van der Waals surface area contributed by atoms with Gasteiger partial charge in [-0.3, -0.25) is 14.9 Å². The van der Waals surface area contributed by atoms with E-state index in [2.05, 4.69) is 10.4 Å². The van der Waals surface area contributed by atoms with Gasteiger partial charge in [-0.15, -0.1) is 0 Å². The molecule has 2 aromatic rings. The van der Waals surface area contributed by atoms with Crippen molar-refractivity contribution in [2.75, 3.05) is 20.1 Å². The first-order valence-corrected chi connectivity index (χ1v) is 7.84. The molecule has 0 atom stereocenters. The van der Waals surface area contributed by atoms with Crippen molar-refractivity contribution >= 4 is 11.6 Å². The summed E-state index contributed by atoms with van der Waals surface area (Å²) in [5.41, 5.74) is 1.06. The molecule has 24 heavy (non-hydrogen) atoms. The van der Waals surface area contributed by atoms with E-state index in [0.29, 0.717) is 11.4 Å². The molecular weight excluding hydrogens is 310 g/mol. The molecule has 2 heterocycles. The summed E-state index contributed by atoms with van der Waals surface area (Å²) in [5, 5.41) is 18.3. The molecule has 8 heteroatoms. The Kier molecular flexibility index (Phi) is 4.57. The zero-order valence-corrected chi connectivity index (χ0v) is 13.4. The van der Waals surface area contributed by atoms with Crippen LogP contribution in [0.1, 0.15) is 23.3 Å². The molecule has 3 rings (SSSR count). The molecule has 0 bridgehead atoms. The van der Waals surface area contributed by atoms with E-state index in [1.54, 1.807) is 34.0 Å². The average molecular weight is 329 g/mol. The third-order valence-corrected chi connectivity index (χ3v) is 4.31. The Hall–Kier alpha value is -2.74. The van der Waals surface area contributed by atoms with Crippen molar-refractivity contribution in [3.63, 3.8) is 0 Å². The van der Waals surface area contributed by atoms with Crippen LogP contribution in [-0.4, -0.2) is 51.7 Å².